The van der Waals surface area contributed by atoms with Crippen LogP contribution in [0.1, 0.15) is 29.3 Å². The molecule has 4 nitrogen and oxygen atoms in total. The highest BCUT2D eigenvalue weighted by Crippen LogP contribution is 2.08. The van der Waals surface area contributed by atoms with E-state index in [9.17, 15) is 4.79 Å². The van der Waals surface area contributed by atoms with Crippen molar-refractivity contribution in [3.05, 3.63) is 35.4 Å². The summed E-state index contributed by atoms with van der Waals surface area (Å²) in [4.78, 5) is 16.4. The van der Waals surface area contributed by atoms with Crippen LogP contribution in [0, 0.1) is 11.8 Å². The van der Waals surface area contributed by atoms with E-state index in [1.165, 1.54) is 0 Å². The fourth-order valence-electron chi connectivity index (χ4n) is 2.01. The zero-order valence-corrected chi connectivity index (χ0v) is 13.2. The molecule has 0 unspecified atom stereocenters. The minimum atomic E-state index is 0.0783. The van der Waals surface area contributed by atoms with Crippen LogP contribution in [0.4, 0.5) is 0 Å². The third kappa shape index (κ3) is 5.99. The molecule has 1 amide bonds. The first-order valence-corrected chi connectivity index (χ1v) is 7.31. The number of carbonyl (C=O) groups is 1. The lowest BCUT2D eigenvalue weighted by molar-refractivity contribution is 0.0759. The van der Waals surface area contributed by atoms with Crippen molar-refractivity contribution < 1.29 is 4.79 Å². The number of hydrogen-bond acceptors (Lipinski definition) is 3. The van der Waals surface area contributed by atoms with Crippen LogP contribution in [0.3, 0.4) is 0 Å². The van der Waals surface area contributed by atoms with Gasteiger partial charge in [0, 0.05) is 24.2 Å². The van der Waals surface area contributed by atoms with Crippen LogP contribution in [0.15, 0.2) is 24.3 Å². The Hall–Kier alpha value is -1.83. The quantitative estimate of drug-likeness (QED) is 0.805. The summed E-state index contributed by atoms with van der Waals surface area (Å²) in [7, 11) is 4.08. The Kier molecular flexibility index (Phi) is 7.52. The molecule has 0 saturated heterocycles. The molecular formula is C17H25N3O. The summed E-state index contributed by atoms with van der Waals surface area (Å²) in [6.07, 6.45) is 0.979. The molecule has 0 aliphatic rings. The molecule has 1 rings (SSSR count). The minimum Gasteiger partial charge on any atom is -0.339 e. The van der Waals surface area contributed by atoms with Crippen molar-refractivity contribution in [3.8, 4) is 11.8 Å². The van der Waals surface area contributed by atoms with Gasteiger partial charge in [0.25, 0.3) is 5.91 Å². The molecule has 0 aliphatic heterocycles. The van der Waals surface area contributed by atoms with E-state index in [4.69, 9.17) is 5.73 Å². The van der Waals surface area contributed by atoms with Crippen LogP contribution in [0.2, 0.25) is 0 Å². The van der Waals surface area contributed by atoms with E-state index in [1.807, 2.05) is 50.2 Å². The van der Waals surface area contributed by atoms with E-state index in [2.05, 4.69) is 16.7 Å². The third-order valence-electron chi connectivity index (χ3n) is 3.17. The summed E-state index contributed by atoms with van der Waals surface area (Å²) in [6, 6.07) is 7.39. The van der Waals surface area contributed by atoms with Gasteiger partial charge < -0.3 is 15.5 Å². The molecule has 0 fully saturated rings. The highest BCUT2D eigenvalue weighted by Gasteiger charge is 2.13. The topological polar surface area (TPSA) is 49.6 Å². The fraction of sp³-hybridized carbons (Fsp3) is 0.471. The number of benzene rings is 1. The maximum absolute atomic E-state index is 12.4. The van der Waals surface area contributed by atoms with E-state index in [-0.39, 0.29) is 5.91 Å². The van der Waals surface area contributed by atoms with Gasteiger partial charge in [-0.2, -0.15) is 0 Å². The lowest BCUT2D eigenvalue weighted by Gasteiger charge is -2.22. The largest absolute Gasteiger partial charge is 0.339 e. The van der Waals surface area contributed by atoms with Crippen LogP contribution in [0.5, 0.6) is 0 Å². The number of nitrogens with zero attached hydrogens (tertiary/aromatic N) is 2. The third-order valence-corrected chi connectivity index (χ3v) is 3.17. The van der Waals surface area contributed by atoms with Crippen molar-refractivity contribution in [2.24, 2.45) is 5.73 Å². The second kappa shape index (κ2) is 9.17. The van der Waals surface area contributed by atoms with Gasteiger partial charge in [-0.05, 0) is 58.3 Å². The van der Waals surface area contributed by atoms with Gasteiger partial charge in [0.05, 0.1) is 6.54 Å². The normalized spacial score (nSPS) is 10.1. The van der Waals surface area contributed by atoms with Crippen LogP contribution >= 0.6 is 0 Å². The maximum atomic E-state index is 12.4. The Morgan fingerprint density at radius 3 is 2.38 bits per heavy atom. The molecule has 21 heavy (non-hydrogen) atoms. The second-order valence-electron chi connectivity index (χ2n) is 5.12. The molecule has 0 spiro atoms. The Labute approximate surface area is 127 Å². The first-order valence-electron chi connectivity index (χ1n) is 7.31. The Balaban J connectivity index is 2.67. The highest BCUT2D eigenvalue weighted by atomic mass is 16.2. The molecule has 0 radical (unpaired) electrons. The first kappa shape index (κ1) is 17.2. The molecule has 2 N–H and O–H groups in total. The Bertz CT molecular complexity index is 497. The monoisotopic (exact) mass is 287 g/mol. The SMILES string of the molecule is CCN(CCCN(C)C)C(=O)c1ccc(C#CCN)cc1. The summed E-state index contributed by atoms with van der Waals surface area (Å²) >= 11 is 0. The highest BCUT2D eigenvalue weighted by molar-refractivity contribution is 5.94. The van der Waals surface area contributed by atoms with E-state index in [0.717, 1.165) is 31.6 Å². The van der Waals surface area contributed by atoms with Gasteiger partial charge in [-0.25, -0.2) is 0 Å². The van der Waals surface area contributed by atoms with E-state index in [0.29, 0.717) is 12.1 Å². The summed E-state index contributed by atoms with van der Waals surface area (Å²) in [5.74, 6) is 5.84. The van der Waals surface area contributed by atoms with Crippen molar-refractivity contribution in [1.29, 1.82) is 0 Å². The Morgan fingerprint density at radius 1 is 1.19 bits per heavy atom. The van der Waals surface area contributed by atoms with Crippen LogP contribution in [-0.2, 0) is 0 Å². The molecule has 0 saturated carbocycles. The molecule has 1 aromatic rings. The van der Waals surface area contributed by atoms with Gasteiger partial charge in [-0.3, -0.25) is 4.79 Å². The second-order valence-corrected chi connectivity index (χ2v) is 5.12. The van der Waals surface area contributed by atoms with E-state index >= 15 is 0 Å². The van der Waals surface area contributed by atoms with Crippen molar-refractivity contribution in [1.82, 2.24) is 9.80 Å². The summed E-state index contributed by atoms with van der Waals surface area (Å²) < 4.78 is 0. The zero-order valence-electron chi connectivity index (χ0n) is 13.2. The smallest absolute Gasteiger partial charge is 0.253 e. The Morgan fingerprint density at radius 2 is 1.86 bits per heavy atom. The molecule has 4 heteroatoms. The van der Waals surface area contributed by atoms with Gasteiger partial charge in [0.2, 0.25) is 0 Å². The van der Waals surface area contributed by atoms with Crippen molar-refractivity contribution in [3.63, 3.8) is 0 Å². The zero-order chi connectivity index (χ0) is 15.7. The minimum absolute atomic E-state index is 0.0783. The molecule has 0 heterocycles. The fourth-order valence-corrected chi connectivity index (χ4v) is 2.01. The number of rotatable bonds is 6. The van der Waals surface area contributed by atoms with Crippen LogP contribution in [0.25, 0.3) is 0 Å². The molecule has 114 valence electrons. The van der Waals surface area contributed by atoms with Gasteiger partial charge in [-0.1, -0.05) is 11.8 Å². The summed E-state index contributed by atoms with van der Waals surface area (Å²) in [6.45, 7) is 4.84. The van der Waals surface area contributed by atoms with Crippen LogP contribution < -0.4 is 5.73 Å². The van der Waals surface area contributed by atoms with Gasteiger partial charge in [0.15, 0.2) is 0 Å². The number of hydrogen-bond donors (Lipinski definition) is 1. The summed E-state index contributed by atoms with van der Waals surface area (Å²) in [5.41, 5.74) is 6.93. The molecule has 0 aliphatic carbocycles. The number of amides is 1. The molecular weight excluding hydrogens is 262 g/mol. The number of nitrogens with two attached hydrogens (primary N) is 1. The van der Waals surface area contributed by atoms with Gasteiger partial charge in [-0.15, -0.1) is 0 Å². The predicted molar refractivity (Wildman–Crippen MR) is 87.1 cm³/mol. The average Bonchev–Trinajstić information content (AvgIpc) is 2.49. The average molecular weight is 287 g/mol. The first-order chi connectivity index (χ1) is 10.1. The van der Waals surface area contributed by atoms with Crippen molar-refractivity contribution in [2.75, 3.05) is 40.3 Å². The van der Waals surface area contributed by atoms with Crippen molar-refractivity contribution >= 4 is 5.91 Å². The van der Waals surface area contributed by atoms with Crippen molar-refractivity contribution in [2.45, 2.75) is 13.3 Å². The lowest BCUT2D eigenvalue weighted by atomic mass is 10.1. The molecule has 1 aromatic carbocycles. The molecule has 0 bridgehead atoms. The number of carbonyl (C=O) groups excluding carboxylic acids is 1. The van der Waals surface area contributed by atoms with Crippen LogP contribution in [-0.4, -0.2) is 56.0 Å². The molecule has 0 aromatic heterocycles. The molecule has 0 atom stereocenters. The van der Waals surface area contributed by atoms with E-state index in [1.54, 1.807) is 0 Å². The summed E-state index contributed by atoms with van der Waals surface area (Å²) in [5, 5.41) is 0. The lowest BCUT2D eigenvalue weighted by Crippen LogP contribution is -2.33. The van der Waals surface area contributed by atoms with Gasteiger partial charge >= 0.3 is 0 Å². The van der Waals surface area contributed by atoms with Gasteiger partial charge in [0.1, 0.15) is 0 Å². The maximum Gasteiger partial charge on any atom is 0.253 e. The standard InChI is InChI=1S/C17H25N3O/c1-4-20(14-6-13-19(2)3)17(21)16-10-8-15(9-11-16)7-5-12-18/h8-11H,4,6,12-14,18H2,1-3H3. The van der Waals surface area contributed by atoms with E-state index < -0.39 is 0 Å². The predicted octanol–water partition coefficient (Wildman–Crippen LogP) is 1.41.